The van der Waals surface area contributed by atoms with Crippen LogP contribution in [0.25, 0.3) is 0 Å². The monoisotopic (exact) mass is 535 g/mol. The lowest BCUT2D eigenvalue weighted by Gasteiger charge is -2.17. The highest BCUT2D eigenvalue weighted by atomic mass is 27.2. The number of hydrogen-bond donors (Lipinski definition) is 2. The molecule has 0 aliphatic rings. The number of allylic oxidation sites excluding steroid dienone is 1. The molecule has 2 atom stereocenters. The number of unbranched alkanes of at least 4 members (excludes halogenated alkanes) is 11. The highest BCUT2D eigenvalue weighted by molar-refractivity contribution is 6.51. The Bertz CT molecular complexity index is 413. The molecule has 209 valence electrons. The van der Waals surface area contributed by atoms with E-state index in [0.29, 0.717) is 5.76 Å². The first-order chi connectivity index (χ1) is 16.5. The van der Waals surface area contributed by atoms with Gasteiger partial charge in [0.2, 0.25) is 15.2 Å². The summed E-state index contributed by atoms with van der Waals surface area (Å²) in [6.07, 6.45) is 19.9. The quantitative estimate of drug-likeness (QED) is 0.0428. The van der Waals surface area contributed by atoms with Crippen LogP contribution in [0.3, 0.4) is 0 Å². The van der Waals surface area contributed by atoms with Crippen LogP contribution in [0.1, 0.15) is 130 Å². The van der Waals surface area contributed by atoms with Gasteiger partial charge in [-0.15, -0.1) is 5.79 Å². The van der Waals surface area contributed by atoms with Crippen LogP contribution in [0.4, 0.5) is 0 Å². The van der Waals surface area contributed by atoms with Gasteiger partial charge in [-0.05, 0) is 19.3 Å². The second-order valence-corrected chi connectivity index (χ2v) is 13.0. The van der Waals surface area contributed by atoms with Crippen molar-refractivity contribution in [2.24, 2.45) is 0 Å². The van der Waals surface area contributed by atoms with Crippen LogP contribution in [0.15, 0.2) is 12.3 Å². The average Bonchev–Trinajstić information content (AvgIpc) is 2.85. The summed E-state index contributed by atoms with van der Waals surface area (Å²) in [6.45, 7) is 10.5. The molecule has 4 N–H and O–H groups in total. The Hall–Kier alpha value is 0.365. The summed E-state index contributed by atoms with van der Waals surface area (Å²) in [6, 6.07) is 0. The maximum Gasteiger partial charge on any atom is 0.560 e. The van der Waals surface area contributed by atoms with Gasteiger partial charge in [0.05, 0.1) is 4.97 Å². The van der Waals surface area contributed by atoms with Crippen molar-refractivity contribution >= 4 is 29.7 Å². The zero-order chi connectivity index (χ0) is 25.9. The van der Waals surface area contributed by atoms with Gasteiger partial charge in [0.25, 0.3) is 0 Å². The first-order valence-electron chi connectivity index (χ1n) is 13.9. The standard InChI is InChI=1S/C8H16O2.2C8H17O2.2CH3.2Al.H2O/c1-3-4-5-6-7-8(2)10-9;2*1-2-3-4-5-6-7-8-10-9;;;;;/h9H,2-7H2,1H3;2*8-9H,2-7H2,1H3;2*1H3;;;1H2/q;;;;;;+1;/p-1. The number of rotatable bonds is 24. The summed E-state index contributed by atoms with van der Waals surface area (Å²) in [7, 11) is 0. The predicted molar refractivity (Wildman–Crippen MR) is 149 cm³/mol. The molecule has 7 nitrogen and oxygen atoms in total. The fourth-order valence-electron chi connectivity index (χ4n) is 3.55. The van der Waals surface area contributed by atoms with Gasteiger partial charge in [0.1, 0.15) is 5.76 Å². The van der Waals surface area contributed by atoms with Crippen LogP contribution in [-0.2, 0) is 18.6 Å². The lowest BCUT2D eigenvalue weighted by Crippen LogP contribution is -2.33. The summed E-state index contributed by atoms with van der Waals surface area (Å²) in [5.41, 5.74) is 0. The van der Waals surface area contributed by atoms with Crippen molar-refractivity contribution in [1.29, 1.82) is 0 Å². The predicted octanol–water partition coefficient (Wildman–Crippen LogP) is 7.89. The molecule has 0 fully saturated rings. The summed E-state index contributed by atoms with van der Waals surface area (Å²) < 4.78 is 5.45. The van der Waals surface area contributed by atoms with E-state index in [0.717, 1.165) is 32.1 Å². The fourth-order valence-corrected chi connectivity index (χ4v) is 5.53. The highest BCUT2D eigenvalue weighted by Gasteiger charge is 2.30. The Morgan fingerprint density at radius 1 is 0.771 bits per heavy atom. The van der Waals surface area contributed by atoms with Crippen molar-refractivity contribution in [3.05, 3.63) is 12.3 Å². The van der Waals surface area contributed by atoms with Gasteiger partial charge < -0.3 is 14.3 Å². The van der Waals surface area contributed by atoms with E-state index in [1.165, 1.54) is 77.0 Å². The number of hydrogen-bond acceptors (Lipinski definition) is 6. The van der Waals surface area contributed by atoms with Gasteiger partial charge in [-0.3, -0.25) is 15.4 Å². The molecule has 0 aliphatic carbocycles. The summed E-state index contributed by atoms with van der Waals surface area (Å²) >= 11 is -1.48. The van der Waals surface area contributed by atoms with Crippen LogP contribution < -0.4 is 0 Å². The topological polar surface area (TPSA) is 109 Å². The van der Waals surface area contributed by atoms with E-state index >= 15 is 0 Å². The zero-order valence-corrected chi connectivity index (χ0v) is 25.9. The second-order valence-electron chi connectivity index (χ2n) is 9.26. The van der Waals surface area contributed by atoms with Gasteiger partial charge >= 0.3 is 14.5 Å². The third-order valence-electron chi connectivity index (χ3n) is 5.98. The van der Waals surface area contributed by atoms with E-state index in [2.05, 4.69) is 42.9 Å². The first-order valence-corrected chi connectivity index (χ1v) is 18.0. The molecule has 0 saturated heterocycles. The smallest absolute Gasteiger partial charge is 0.412 e. The molecule has 0 bridgehead atoms. The summed E-state index contributed by atoms with van der Waals surface area (Å²) in [5.74, 6) is 4.78. The average molecular weight is 536 g/mol. The molecule has 0 rings (SSSR count). The van der Waals surface area contributed by atoms with E-state index < -0.39 is 14.5 Å². The Morgan fingerprint density at radius 3 is 1.71 bits per heavy atom. The van der Waals surface area contributed by atoms with E-state index in [9.17, 15) is 0 Å². The highest BCUT2D eigenvalue weighted by Crippen LogP contribution is 2.15. The van der Waals surface area contributed by atoms with Crippen LogP contribution in [0, 0.1) is 0 Å². The fraction of sp³-hybridized carbons (Fsp3) is 0.923. The maximum atomic E-state index is 9.04. The second kappa shape index (κ2) is 32.4. The summed E-state index contributed by atoms with van der Waals surface area (Å²) in [5, 5.41) is 17.5. The minimum Gasteiger partial charge on any atom is -0.412 e. The third kappa shape index (κ3) is 28.8. The Kier molecular flexibility index (Phi) is 36.9. The molecule has 0 spiro atoms. The van der Waals surface area contributed by atoms with E-state index in [1.807, 2.05) is 5.79 Å². The molecular formula is C26H57Al2O7. The van der Waals surface area contributed by atoms with Gasteiger partial charge in [-0.25, -0.2) is 4.89 Å². The van der Waals surface area contributed by atoms with Crippen LogP contribution in [0.2, 0.25) is 11.6 Å². The third-order valence-corrected chi connectivity index (χ3v) is 9.08. The first kappa shape index (κ1) is 39.9. The molecule has 2 unspecified atom stereocenters. The van der Waals surface area contributed by atoms with Crippen molar-refractivity contribution in [3.8, 4) is 0 Å². The molecule has 0 aliphatic heterocycles. The Balaban J connectivity index is -0.000000670. The van der Waals surface area contributed by atoms with Crippen LogP contribution in [0.5, 0.6) is 0 Å². The Labute approximate surface area is 227 Å². The lowest BCUT2D eigenvalue weighted by molar-refractivity contribution is -0.270. The molecule has 0 heterocycles. The zero-order valence-electron chi connectivity index (χ0n) is 23.6. The minimum atomic E-state index is -1.73. The molecule has 0 aromatic heterocycles. The van der Waals surface area contributed by atoms with Crippen LogP contribution >= 0.6 is 0 Å². The molecule has 35 heavy (non-hydrogen) atoms. The van der Waals surface area contributed by atoms with Gasteiger partial charge in [-0.1, -0.05) is 117 Å². The van der Waals surface area contributed by atoms with E-state index in [-0.39, 0.29) is 30.6 Å². The molecule has 1 radical (unpaired) electrons. The van der Waals surface area contributed by atoms with Gasteiger partial charge in [0.15, 0.2) is 0 Å². The lowest BCUT2D eigenvalue weighted by atomic mass is 10.1. The van der Waals surface area contributed by atoms with Crippen molar-refractivity contribution in [1.82, 2.24) is 0 Å². The van der Waals surface area contributed by atoms with Crippen molar-refractivity contribution in [2.45, 2.75) is 151 Å². The van der Waals surface area contributed by atoms with Gasteiger partial charge in [0, 0.05) is 11.4 Å². The molecule has 0 amide bonds. The minimum absolute atomic E-state index is 0. The largest absolute Gasteiger partial charge is 0.560 e. The van der Waals surface area contributed by atoms with Crippen molar-refractivity contribution in [3.63, 3.8) is 0 Å². The van der Waals surface area contributed by atoms with Crippen LogP contribution in [-0.4, -0.2) is 55.6 Å². The molecule has 0 saturated carbocycles. The molecule has 9 heteroatoms. The molecule has 0 aromatic carbocycles. The maximum absolute atomic E-state index is 9.04. The van der Waals surface area contributed by atoms with Gasteiger partial charge in [-0.2, -0.15) is 0 Å². The van der Waals surface area contributed by atoms with Crippen molar-refractivity contribution in [2.75, 3.05) is 0 Å². The van der Waals surface area contributed by atoms with E-state index in [1.54, 1.807) is 0 Å². The molecular weight excluding hydrogens is 478 g/mol. The van der Waals surface area contributed by atoms with E-state index in [4.69, 9.17) is 19.3 Å². The molecule has 0 aromatic rings. The summed E-state index contributed by atoms with van der Waals surface area (Å²) in [4.78, 5) is 14.2. The normalized spacial score (nSPS) is 12.1. The SMILES string of the molecule is C=C(CCCCCC)O[O][Al]([CH3])[CH](CCCCCCC)OO.CCCCCCC[CH](OO)[Al][CH3].O. The Morgan fingerprint density at radius 2 is 1.26 bits per heavy atom. The van der Waals surface area contributed by atoms with Crippen molar-refractivity contribution < 1.29 is 34.6 Å².